The number of phenolic OH excluding ortho intramolecular Hbond substituents is 1. The zero-order chi connectivity index (χ0) is 22.1. The summed E-state index contributed by atoms with van der Waals surface area (Å²) in [4.78, 5) is 22.5. The predicted molar refractivity (Wildman–Crippen MR) is 126 cm³/mol. The van der Waals surface area contributed by atoms with Gasteiger partial charge in [0.1, 0.15) is 5.75 Å². The number of aryl methyl sites for hydroxylation is 1. The summed E-state index contributed by atoms with van der Waals surface area (Å²) < 4.78 is 0. The van der Waals surface area contributed by atoms with Crippen LogP contribution < -0.4 is 5.32 Å². The maximum atomic E-state index is 11.8. The summed E-state index contributed by atoms with van der Waals surface area (Å²) in [5, 5.41) is 16.7. The van der Waals surface area contributed by atoms with Crippen LogP contribution in [0, 0.1) is 6.92 Å². The molecule has 3 aromatic carbocycles. The van der Waals surface area contributed by atoms with Crippen LogP contribution in [0.1, 0.15) is 12.1 Å². The monoisotopic (exact) mass is 434 g/mol. The number of nitrogens with zero attached hydrogens (tertiary/aromatic N) is 3. The molecule has 4 rings (SSSR count). The fourth-order valence-corrected chi connectivity index (χ4v) is 3.88. The van der Waals surface area contributed by atoms with E-state index >= 15 is 0 Å². The molecule has 158 valence electrons. The van der Waals surface area contributed by atoms with Gasteiger partial charge in [0.05, 0.1) is 11.2 Å². The van der Waals surface area contributed by atoms with Crippen LogP contribution in [0.2, 0.25) is 5.02 Å². The zero-order valence-corrected chi connectivity index (χ0v) is 18.4. The van der Waals surface area contributed by atoms with Gasteiger partial charge in [-0.25, -0.2) is 9.97 Å². The number of rotatable bonds is 5. The van der Waals surface area contributed by atoms with E-state index in [9.17, 15) is 9.90 Å². The van der Waals surface area contributed by atoms with Crippen LogP contribution in [0.3, 0.4) is 0 Å². The predicted octanol–water partition coefficient (Wildman–Crippen LogP) is 5.01. The van der Waals surface area contributed by atoms with Crippen LogP contribution in [0.15, 0.2) is 48.5 Å². The molecule has 0 unspecified atom stereocenters. The average molecular weight is 435 g/mol. The number of phenols is 1. The smallest absolute Gasteiger partial charge is 0.223 e. The average Bonchev–Trinajstić information content (AvgIpc) is 2.73. The molecule has 2 N–H and O–H groups in total. The van der Waals surface area contributed by atoms with Crippen LogP contribution in [0.25, 0.3) is 32.8 Å². The van der Waals surface area contributed by atoms with E-state index in [1.165, 1.54) is 0 Å². The Balaban J connectivity index is 1.77. The van der Waals surface area contributed by atoms with E-state index < -0.39 is 0 Å². The minimum absolute atomic E-state index is 0.0369. The van der Waals surface area contributed by atoms with Crippen LogP contribution >= 0.6 is 11.6 Å². The number of aromatic nitrogens is 2. The van der Waals surface area contributed by atoms with E-state index in [1.54, 1.807) is 31.1 Å². The van der Waals surface area contributed by atoms with Gasteiger partial charge in [-0.05, 0) is 47.5 Å². The van der Waals surface area contributed by atoms with Crippen molar-refractivity contribution in [3.8, 4) is 16.9 Å². The first-order valence-corrected chi connectivity index (χ1v) is 10.4. The first-order chi connectivity index (χ1) is 14.8. The van der Waals surface area contributed by atoms with E-state index in [4.69, 9.17) is 11.6 Å². The summed E-state index contributed by atoms with van der Waals surface area (Å²) in [7, 11) is 3.46. The molecule has 0 bridgehead atoms. The van der Waals surface area contributed by atoms with Crippen molar-refractivity contribution in [3.05, 3.63) is 59.2 Å². The fourth-order valence-electron chi connectivity index (χ4n) is 3.61. The van der Waals surface area contributed by atoms with Crippen molar-refractivity contribution in [2.45, 2.75) is 13.3 Å². The second kappa shape index (κ2) is 8.40. The molecule has 0 aliphatic heterocycles. The molecule has 0 atom stereocenters. The van der Waals surface area contributed by atoms with Crippen molar-refractivity contribution in [2.24, 2.45) is 0 Å². The van der Waals surface area contributed by atoms with Gasteiger partial charge in [-0.3, -0.25) is 4.79 Å². The molecule has 4 aromatic rings. The number of anilines is 1. The molecule has 1 heterocycles. The Morgan fingerprint density at radius 3 is 2.61 bits per heavy atom. The summed E-state index contributed by atoms with van der Waals surface area (Å²) in [6.07, 6.45) is 0.356. The van der Waals surface area contributed by atoms with Crippen molar-refractivity contribution in [1.82, 2.24) is 14.9 Å². The third-order valence-electron chi connectivity index (χ3n) is 5.23. The number of hydrogen-bond acceptors (Lipinski definition) is 5. The van der Waals surface area contributed by atoms with Crippen molar-refractivity contribution >= 4 is 45.1 Å². The lowest BCUT2D eigenvalue weighted by Gasteiger charge is -2.13. The van der Waals surface area contributed by atoms with Crippen LogP contribution in [-0.4, -0.2) is 46.5 Å². The fraction of sp³-hybridized carbons (Fsp3) is 0.208. The van der Waals surface area contributed by atoms with Crippen molar-refractivity contribution in [3.63, 3.8) is 0 Å². The van der Waals surface area contributed by atoms with E-state index in [2.05, 4.69) is 15.3 Å². The first kappa shape index (κ1) is 20.9. The Kier molecular flexibility index (Phi) is 5.65. The zero-order valence-electron chi connectivity index (χ0n) is 17.6. The van der Waals surface area contributed by atoms with Gasteiger partial charge in [0, 0.05) is 43.0 Å². The number of benzene rings is 3. The van der Waals surface area contributed by atoms with E-state index in [0.717, 1.165) is 38.5 Å². The minimum atomic E-state index is 0.0369. The number of carbonyl (C=O) groups excluding carboxylic acids is 1. The maximum Gasteiger partial charge on any atom is 0.223 e. The quantitative estimate of drug-likeness (QED) is 0.461. The van der Waals surface area contributed by atoms with E-state index in [0.29, 0.717) is 23.9 Å². The molecule has 7 heteroatoms. The van der Waals surface area contributed by atoms with Gasteiger partial charge < -0.3 is 15.3 Å². The minimum Gasteiger partial charge on any atom is -0.508 e. The molecular formula is C24H23ClN4O2. The molecule has 0 aliphatic rings. The Labute approximate surface area is 185 Å². The van der Waals surface area contributed by atoms with Gasteiger partial charge in [0.25, 0.3) is 0 Å². The topological polar surface area (TPSA) is 78.4 Å². The van der Waals surface area contributed by atoms with Crippen molar-refractivity contribution in [2.75, 3.05) is 26.0 Å². The molecule has 0 aliphatic carbocycles. The SMILES string of the molecule is Cc1nc(NCCC(=O)N(C)C)nc2cc(-c3cc(O)cc4ccccc34)c(Cl)cc12. The Morgan fingerprint density at radius 2 is 1.84 bits per heavy atom. The highest BCUT2D eigenvalue weighted by atomic mass is 35.5. The second-order valence-corrected chi connectivity index (χ2v) is 8.07. The molecule has 0 saturated heterocycles. The highest BCUT2D eigenvalue weighted by molar-refractivity contribution is 6.34. The van der Waals surface area contributed by atoms with Crippen LogP contribution in [0.5, 0.6) is 5.75 Å². The number of carbonyl (C=O) groups is 1. The maximum absolute atomic E-state index is 11.8. The lowest BCUT2D eigenvalue weighted by molar-refractivity contribution is -0.128. The highest BCUT2D eigenvalue weighted by Gasteiger charge is 2.14. The number of amides is 1. The molecular weight excluding hydrogens is 412 g/mol. The Bertz CT molecular complexity index is 1300. The largest absolute Gasteiger partial charge is 0.508 e. The standard InChI is InChI=1S/C24H23ClN4O2/c1-14-18-12-21(25)20(19-11-16(30)10-15-6-4-5-7-17(15)19)13-22(18)28-24(27-14)26-9-8-23(31)29(2)3/h4-7,10-13,30H,8-9H2,1-3H3,(H,26,27,28). The lowest BCUT2D eigenvalue weighted by atomic mass is 9.96. The van der Waals surface area contributed by atoms with E-state index in [-0.39, 0.29) is 11.7 Å². The summed E-state index contributed by atoms with van der Waals surface area (Å²) >= 11 is 6.66. The molecule has 31 heavy (non-hydrogen) atoms. The van der Waals surface area contributed by atoms with Gasteiger partial charge in [-0.1, -0.05) is 35.9 Å². The summed E-state index contributed by atoms with van der Waals surface area (Å²) in [5.41, 5.74) is 3.15. The molecule has 1 amide bonds. The Hall–Kier alpha value is -3.38. The second-order valence-electron chi connectivity index (χ2n) is 7.66. The number of fused-ring (bicyclic) bond motifs is 2. The number of nitrogens with one attached hydrogen (secondary N) is 1. The van der Waals surface area contributed by atoms with Gasteiger partial charge >= 0.3 is 0 Å². The normalized spacial score (nSPS) is 11.1. The molecule has 6 nitrogen and oxygen atoms in total. The van der Waals surface area contributed by atoms with Gasteiger partial charge in [0.2, 0.25) is 11.9 Å². The van der Waals surface area contributed by atoms with Crippen LogP contribution in [-0.2, 0) is 4.79 Å². The summed E-state index contributed by atoms with van der Waals surface area (Å²) in [6.45, 7) is 2.35. The van der Waals surface area contributed by atoms with Crippen LogP contribution in [0.4, 0.5) is 5.95 Å². The molecule has 1 aromatic heterocycles. The van der Waals surface area contributed by atoms with Gasteiger partial charge in [-0.2, -0.15) is 0 Å². The highest BCUT2D eigenvalue weighted by Crippen LogP contribution is 2.38. The van der Waals surface area contributed by atoms with Gasteiger partial charge in [0.15, 0.2) is 0 Å². The molecule has 0 saturated carbocycles. The van der Waals surface area contributed by atoms with Gasteiger partial charge in [-0.15, -0.1) is 0 Å². The molecule has 0 spiro atoms. The molecule has 0 fully saturated rings. The molecule has 0 radical (unpaired) electrons. The third kappa shape index (κ3) is 4.25. The number of aromatic hydroxyl groups is 1. The summed E-state index contributed by atoms with van der Waals surface area (Å²) in [6, 6.07) is 15.1. The number of halogens is 1. The Morgan fingerprint density at radius 1 is 1.06 bits per heavy atom. The van der Waals surface area contributed by atoms with Crippen molar-refractivity contribution < 1.29 is 9.90 Å². The third-order valence-corrected chi connectivity index (χ3v) is 5.55. The van der Waals surface area contributed by atoms with Crippen molar-refractivity contribution in [1.29, 1.82) is 0 Å². The van der Waals surface area contributed by atoms with E-state index in [1.807, 2.05) is 43.3 Å². The first-order valence-electron chi connectivity index (χ1n) is 9.97. The summed E-state index contributed by atoms with van der Waals surface area (Å²) in [5.74, 6) is 0.678. The lowest BCUT2D eigenvalue weighted by Crippen LogP contribution is -2.24. The number of hydrogen-bond donors (Lipinski definition) is 2.